The molecular weight excluding hydrogens is 255 g/mol. The van der Waals surface area contributed by atoms with Crippen molar-refractivity contribution in [3.05, 3.63) is 65.5 Å². The van der Waals surface area contributed by atoms with E-state index in [2.05, 4.69) is 17.2 Å². The monoisotopic (exact) mass is 268 g/mol. The SMILES string of the molecule is NCC#Cc1ccc(F)c(C(=O)Nc2ccccc2)c1. The lowest BCUT2D eigenvalue weighted by molar-refractivity contribution is 0.102. The van der Waals surface area contributed by atoms with Gasteiger partial charge >= 0.3 is 0 Å². The van der Waals surface area contributed by atoms with Crippen molar-refractivity contribution in [1.29, 1.82) is 0 Å². The molecule has 0 aromatic heterocycles. The fourth-order valence-corrected chi connectivity index (χ4v) is 1.65. The minimum Gasteiger partial charge on any atom is -0.322 e. The molecule has 4 heteroatoms. The second kappa shape index (κ2) is 6.50. The fourth-order valence-electron chi connectivity index (χ4n) is 1.65. The third kappa shape index (κ3) is 3.44. The lowest BCUT2D eigenvalue weighted by Crippen LogP contribution is -2.13. The zero-order valence-corrected chi connectivity index (χ0v) is 10.7. The fraction of sp³-hybridized carbons (Fsp3) is 0.0625. The van der Waals surface area contributed by atoms with Gasteiger partial charge in [-0.25, -0.2) is 4.39 Å². The van der Waals surface area contributed by atoms with Crippen LogP contribution in [0.3, 0.4) is 0 Å². The first-order valence-corrected chi connectivity index (χ1v) is 6.05. The predicted molar refractivity (Wildman–Crippen MR) is 76.7 cm³/mol. The number of carbonyl (C=O) groups is 1. The maximum Gasteiger partial charge on any atom is 0.258 e. The number of carbonyl (C=O) groups excluding carboxylic acids is 1. The van der Waals surface area contributed by atoms with E-state index in [1.54, 1.807) is 24.3 Å². The van der Waals surface area contributed by atoms with Crippen molar-refractivity contribution >= 4 is 11.6 Å². The van der Waals surface area contributed by atoms with Crippen molar-refractivity contribution in [3.8, 4) is 11.8 Å². The Morgan fingerprint density at radius 1 is 1.20 bits per heavy atom. The molecule has 0 fully saturated rings. The number of anilines is 1. The number of hydrogen-bond donors (Lipinski definition) is 2. The molecule has 100 valence electrons. The van der Waals surface area contributed by atoms with Crippen LogP contribution in [0, 0.1) is 17.7 Å². The molecule has 0 aliphatic heterocycles. The Morgan fingerprint density at radius 3 is 2.65 bits per heavy atom. The summed E-state index contributed by atoms with van der Waals surface area (Å²) in [6, 6.07) is 13.0. The van der Waals surface area contributed by atoms with Crippen LogP contribution in [-0.2, 0) is 0 Å². The van der Waals surface area contributed by atoms with Crippen LogP contribution in [0.15, 0.2) is 48.5 Å². The summed E-state index contributed by atoms with van der Waals surface area (Å²) in [4.78, 5) is 12.0. The maximum atomic E-state index is 13.7. The second-order valence-corrected chi connectivity index (χ2v) is 4.02. The first-order valence-electron chi connectivity index (χ1n) is 6.05. The van der Waals surface area contributed by atoms with Crippen LogP contribution >= 0.6 is 0 Å². The molecule has 0 aliphatic rings. The average molecular weight is 268 g/mol. The number of nitrogens with two attached hydrogens (primary N) is 1. The van der Waals surface area contributed by atoms with Crippen LogP contribution in [0.5, 0.6) is 0 Å². The third-order valence-corrected chi connectivity index (χ3v) is 2.58. The topological polar surface area (TPSA) is 55.1 Å². The number of halogens is 1. The zero-order chi connectivity index (χ0) is 14.4. The van der Waals surface area contributed by atoms with Gasteiger partial charge in [-0.1, -0.05) is 30.0 Å². The number of amides is 1. The Kier molecular flexibility index (Phi) is 4.48. The maximum absolute atomic E-state index is 13.7. The summed E-state index contributed by atoms with van der Waals surface area (Å²) >= 11 is 0. The molecule has 2 aromatic rings. The Labute approximate surface area is 116 Å². The van der Waals surface area contributed by atoms with Crippen molar-refractivity contribution in [3.63, 3.8) is 0 Å². The van der Waals surface area contributed by atoms with Gasteiger partial charge in [0.2, 0.25) is 0 Å². The molecule has 0 spiro atoms. The van der Waals surface area contributed by atoms with Gasteiger partial charge in [-0.15, -0.1) is 0 Å². The molecule has 0 heterocycles. The molecule has 0 bridgehead atoms. The first kappa shape index (κ1) is 13.8. The second-order valence-electron chi connectivity index (χ2n) is 4.02. The lowest BCUT2D eigenvalue weighted by Gasteiger charge is -2.06. The molecule has 0 unspecified atom stereocenters. The van der Waals surface area contributed by atoms with E-state index in [0.717, 1.165) is 0 Å². The predicted octanol–water partition coefficient (Wildman–Crippen LogP) is 2.39. The van der Waals surface area contributed by atoms with Crippen molar-refractivity contribution in [2.24, 2.45) is 5.73 Å². The highest BCUT2D eigenvalue weighted by Gasteiger charge is 2.12. The summed E-state index contributed by atoms with van der Waals surface area (Å²) in [5, 5.41) is 2.63. The summed E-state index contributed by atoms with van der Waals surface area (Å²) in [5.74, 6) is 4.34. The van der Waals surface area contributed by atoms with Crippen LogP contribution in [-0.4, -0.2) is 12.5 Å². The summed E-state index contributed by atoms with van der Waals surface area (Å²) in [5.41, 5.74) is 6.39. The van der Waals surface area contributed by atoms with E-state index in [4.69, 9.17) is 5.73 Å². The van der Waals surface area contributed by atoms with Crippen molar-refractivity contribution in [2.45, 2.75) is 0 Å². The number of rotatable bonds is 2. The summed E-state index contributed by atoms with van der Waals surface area (Å²) in [6.45, 7) is 0.211. The van der Waals surface area contributed by atoms with Crippen LogP contribution in [0.1, 0.15) is 15.9 Å². The van der Waals surface area contributed by atoms with Crippen LogP contribution in [0.2, 0.25) is 0 Å². The average Bonchev–Trinajstić information content (AvgIpc) is 2.47. The molecule has 3 N–H and O–H groups in total. The van der Waals surface area contributed by atoms with Gasteiger partial charge in [-0.2, -0.15) is 0 Å². The number of hydrogen-bond acceptors (Lipinski definition) is 2. The smallest absolute Gasteiger partial charge is 0.258 e. The minimum atomic E-state index is -0.586. The zero-order valence-electron chi connectivity index (χ0n) is 10.7. The Hall–Kier alpha value is -2.64. The molecule has 3 nitrogen and oxygen atoms in total. The van der Waals surface area contributed by atoms with Crippen LogP contribution in [0.4, 0.5) is 10.1 Å². The summed E-state index contributed by atoms with van der Waals surface area (Å²) in [6.07, 6.45) is 0. The lowest BCUT2D eigenvalue weighted by atomic mass is 10.1. The molecule has 1 amide bonds. The number of para-hydroxylation sites is 1. The highest BCUT2D eigenvalue weighted by molar-refractivity contribution is 6.04. The van der Waals surface area contributed by atoms with E-state index < -0.39 is 11.7 Å². The van der Waals surface area contributed by atoms with Gasteiger partial charge in [-0.3, -0.25) is 4.79 Å². The van der Waals surface area contributed by atoms with E-state index >= 15 is 0 Å². The highest BCUT2D eigenvalue weighted by Crippen LogP contribution is 2.13. The highest BCUT2D eigenvalue weighted by atomic mass is 19.1. The Bertz CT molecular complexity index is 672. The first-order chi connectivity index (χ1) is 9.70. The van der Waals surface area contributed by atoms with Crippen molar-refractivity contribution < 1.29 is 9.18 Å². The van der Waals surface area contributed by atoms with E-state index in [1.165, 1.54) is 18.2 Å². The van der Waals surface area contributed by atoms with E-state index in [0.29, 0.717) is 11.3 Å². The summed E-state index contributed by atoms with van der Waals surface area (Å²) in [7, 11) is 0. The van der Waals surface area contributed by atoms with Crippen molar-refractivity contribution in [1.82, 2.24) is 0 Å². The minimum absolute atomic E-state index is 0.0438. The van der Waals surface area contributed by atoms with Gasteiger partial charge in [0, 0.05) is 11.3 Å². The molecule has 0 radical (unpaired) electrons. The summed E-state index contributed by atoms with van der Waals surface area (Å²) < 4.78 is 13.7. The number of benzene rings is 2. The van der Waals surface area contributed by atoms with Gasteiger partial charge in [0.25, 0.3) is 5.91 Å². The van der Waals surface area contributed by atoms with Gasteiger partial charge in [0.15, 0.2) is 0 Å². The Morgan fingerprint density at radius 2 is 1.95 bits per heavy atom. The molecule has 20 heavy (non-hydrogen) atoms. The van der Waals surface area contributed by atoms with Gasteiger partial charge in [0.05, 0.1) is 12.1 Å². The molecule has 0 saturated carbocycles. The molecule has 2 aromatic carbocycles. The van der Waals surface area contributed by atoms with E-state index in [1.807, 2.05) is 6.07 Å². The van der Waals surface area contributed by atoms with E-state index in [-0.39, 0.29) is 12.1 Å². The molecule has 0 saturated heterocycles. The van der Waals surface area contributed by atoms with Crippen LogP contribution in [0.25, 0.3) is 0 Å². The van der Waals surface area contributed by atoms with Gasteiger partial charge in [-0.05, 0) is 30.3 Å². The Balaban J connectivity index is 2.25. The number of nitrogens with one attached hydrogen (secondary N) is 1. The normalized spacial score (nSPS) is 9.50. The molecule has 0 atom stereocenters. The molecule has 2 rings (SSSR count). The van der Waals surface area contributed by atoms with Crippen LogP contribution < -0.4 is 11.1 Å². The van der Waals surface area contributed by atoms with Crippen molar-refractivity contribution in [2.75, 3.05) is 11.9 Å². The van der Waals surface area contributed by atoms with Gasteiger partial charge in [0.1, 0.15) is 5.82 Å². The van der Waals surface area contributed by atoms with E-state index in [9.17, 15) is 9.18 Å². The standard InChI is InChI=1S/C16H13FN2O/c17-15-9-8-12(5-4-10-18)11-14(15)16(20)19-13-6-2-1-3-7-13/h1-3,6-9,11H,10,18H2,(H,19,20). The third-order valence-electron chi connectivity index (χ3n) is 2.58. The largest absolute Gasteiger partial charge is 0.322 e. The molecular formula is C16H13FN2O. The van der Waals surface area contributed by atoms with Gasteiger partial charge < -0.3 is 11.1 Å². The molecule has 0 aliphatic carbocycles. The quantitative estimate of drug-likeness (QED) is 0.822.